The van der Waals surface area contributed by atoms with E-state index in [-0.39, 0.29) is 5.78 Å². The van der Waals surface area contributed by atoms with Gasteiger partial charge in [-0.3, -0.25) is 4.79 Å². The molecule has 3 heteroatoms. The Morgan fingerprint density at radius 3 is 2.40 bits per heavy atom. The fraction of sp³-hybridized carbons (Fsp3) is 0.529. The molecule has 1 rings (SSSR count). The molecule has 0 N–H and O–H groups in total. The van der Waals surface area contributed by atoms with Gasteiger partial charge >= 0.3 is 0 Å². The molecule has 0 saturated carbocycles. The van der Waals surface area contributed by atoms with Gasteiger partial charge in [-0.15, -0.1) is 0 Å². The second-order valence-electron chi connectivity index (χ2n) is 4.94. The first-order valence-corrected chi connectivity index (χ1v) is 7.86. The lowest BCUT2D eigenvalue weighted by Crippen LogP contribution is -2.07. The van der Waals surface area contributed by atoms with Gasteiger partial charge in [0.05, 0.1) is 6.61 Å². The number of rotatable bonds is 9. The van der Waals surface area contributed by atoms with Gasteiger partial charge in [-0.2, -0.15) is 0 Å². The number of ether oxygens (including phenoxy) is 1. The van der Waals surface area contributed by atoms with E-state index in [0.717, 1.165) is 31.2 Å². The van der Waals surface area contributed by atoms with E-state index in [1.165, 1.54) is 5.56 Å². The molecule has 0 aromatic heterocycles. The molecule has 0 aliphatic carbocycles. The first-order valence-electron chi connectivity index (χ1n) is 7.45. The predicted molar refractivity (Wildman–Crippen MR) is 87.5 cm³/mol. The van der Waals surface area contributed by atoms with Crippen molar-refractivity contribution >= 4 is 23.1 Å². The molecule has 2 nitrogen and oxygen atoms in total. The summed E-state index contributed by atoms with van der Waals surface area (Å²) in [6.45, 7) is 4.92. The molecule has 0 fully saturated rings. The summed E-state index contributed by atoms with van der Waals surface area (Å²) >= 11 is 5.12. The van der Waals surface area contributed by atoms with Gasteiger partial charge in [0.25, 0.3) is 0 Å². The van der Waals surface area contributed by atoms with Crippen LogP contribution in [0.1, 0.15) is 61.9 Å². The van der Waals surface area contributed by atoms with Crippen molar-refractivity contribution in [1.82, 2.24) is 0 Å². The van der Waals surface area contributed by atoms with Crippen LogP contribution in [0.15, 0.2) is 24.3 Å². The number of carbonyl (C=O) groups excluding carboxylic acids is 1. The number of aryl methyl sites for hydroxylation is 1. The van der Waals surface area contributed by atoms with E-state index in [2.05, 4.69) is 13.8 Å². The zero-order valence-electron chi connectivity index (χ0n) is 12.5. The van der Waals surface area contributed by atoms with E-state index in [0.29, 0.717) is 24.5 Å². The van der Waals surface area contributed by atoms with Crippen molar-refractivity contribution in [2.45, 2.75) is 52.4 Å². The summed E-state index contributed by atoms with van der Waals surface area (Å²) in [5.41, 5.74) is 2.05. The van der Waals surface area contributed by atoms with E-state index < -0.39 is 0 Å². The second-order valence-corrected chi connectivity index (χ2v) is 5.40. The Kier molecular flexibility index (Phi) is 8.12. The number of carbonyl (C=O) groups is 1. The van der Waals surface area contributed by atoms with Gasteiger partial charge in [0.15, 0.2) is 10.8 Å². The average molecular weight is 292 g/mol. The van der Waals surface area contributed by atoms with Crippen molar-refractivity contribution in [2.75, 3.05) is 6.61 Å². The number of hydrogen-bond donors (Lipinski definition) is 0. The van der Waals surface area contributed by atoms with Crippen molar-refractivity contribution in [1.29, 1.82) is 0 Å². The molecule has 0 aliphatic heterocycles. The van der Waals surface area contributed by atoms with Crippen LogP contribution in [-0.2, 0) is 11.2 Å². The van der Waals surface area contributed by atoms with Gasteiger partial charge in [-0.1, -0.05) is 51.0 Å². The highest BCUT2D eigenvalue weighted by atomic mass is 32.1. The maximum absolute atomic E-state index is 12.0. The average Bonchev–Trinajstić information content (AvgIpc) is 2.46. The number of Topliss-reactive ketones (excluding diaryl/α,β-unsaturated/α-hetero) is 1. The maximum Gasteiger partial charge on any atom is 0.163 e. The van der Waals surface area contributed by atoms with Crippen LogP contribution in [0.4, 0.5) is 0 Å². The largest absolute Gasteiger partial charge is 0.487 e. The molecule has 1 aromatic carbocycles. The predicted octanol–water partition coefficient (Wildman–Crippen LogP) is 4.75. The Hall–Kier alpha value is -1.22. The lowest BCUT2D eigenvalue weighted by molar-refractivity contribution is 0.0982. The Morgan fingerprint density at radius 2 is 1.80 bits per heavy atom. The second kappa shape index (κ2) is 9.65. The summed E-state index contributed by atoms with van der Waals surface area (Å²) in [5, 5.41) is 0.550. The van der Waals surface area contributed by atoms with Crippen molar-refractivity contribution < 1.29 is 9.53 Å². The van der Waals surface area contributed by atoms with E-state index in [4.69, 9.17) is 17.0 Å². The Balaban J connectivity index is 2.36. The molecule has 1 aromatic rings. The molecule has 0 amide bonds. The van der Waals surface area contributed by atoms with Gasteiger partial charge in [0.1, 0.15) is 0 Å². The molecule has 20 heavy (non-hydrogen) atoms. The van der Waals surface area contributed by atoms with E-state index in [1.807, 2.05) is 24.3 Å². The number of ketones is 1. The molecule has 110 valence electrons. The van der Waals surface area contributed by atoms with Crippen LogP contribution >= 0.6 is 12.2 Å². The van der Waals surface area contributed by atoms with Crippen LogP contribution in [0.5, 0.6) is 0 Å². The highest BCUT2D eigenvalue weighted by Gasteiger charge is 2.08. The summed E-state index contributed by atoms with van der Waals surface area (Å²) in [5.74, 6) is 0.134. The molecule has 0 saturated heterocycles. The van der Waals surface area contributed by atoms with Gasteiger partial charge in [-0.05, 0) is 30.6 Å². The minimum atomic E-state index is 0.134. The van der Waals surface area contributed by atoms with Crippen LogP contribution in [0.2, 0.25) is 0 Å². The zero-order chi connectivity index (χ0) is 14.8. The quantitative estimate of drug-likeness (QED) is 0.373. The standard InChI is InChI=1S/C17H24O2S/c1-3-5-13-19-17(20)12-11-16(18)15-9-7-14(6-4-2)8-10-15/h7-10H,3-6,11-13H2,1-2H3. The number of unbranched alkanes of at least 4 members (excludes halogenated alkanes) is 1. The molecule has 0 heterocycles. The molecule has 0 atom stereocenters. The Morgan fingerprint density at radius 1 is 1.10 bits per heavy atom. The molecule has 0 unspecified atom stereocenters. The topological polar surface area (TPSA) is 26.3 Å². The van der Waals surface area contributed by atoms with Crippen LogP contribution < -0.4 is 0 Å². The van der Waals surface area contributed by atoms with Crippen LogP contribution in [-0.4, -0.2) is 17.4 Å². The number of benzene rings is 1. The summed E-state index contributed by atoms with van der Waals surface area (Å²) in [6.07, 6.45) is 5.24. The SMILES string of the molecule is CCCCOC(=S)CCC(=O)c1ccc(CCC)cc1. The molecule has 0 bridgehead atoms. The molecule has 0 spiro atoms. The minimum absolute atomic E-state index is 0.134. The van der Waals surface area contributed by atoms with Crippen molar-refractivity contribution in [3.05, 3.63) is 35.4 Å². The monoisotopic (exact) mass is 292 g/mol. The third-order valence-electron chi connectivity index (χ3n) is 3.13. The Bertz CT molecular complexity index is 423. The first-order chi connectivity index (χ1) is 9.67. The summed E-state index contributed by atoms with van der Waals surface area (Å²) < 4.78 is 5.40. The first kappa shape index (κ1) is 16.8. The fourth-order valence-electron chi connectivity index (χ4n) is 1.91. The summed E-state index contributed by atoms with van der Waals surface area (Å²) in [6, 6.07) is 7.89. The maximum atomic E-state index is 12.0. The van der Waals surface area contributed by atoms with Gasteiger partial charge in [-0.25, -0.2) is 0 Å². The lowest BCUT2D eigenvalue weighted by Gasteiger charge is -2.06. The normalized spacial score (nSPS) is 10.3. The molecule has 0 radical (unpaired) electrons. The van der Waals surface area contributed by atoms with Gasteiger partial charge < -0.3 is 4.74 Å². The van der Waals surface area contributed by atoms with E-state index >= 15 is 0 Å². The van der Waals surface area contributed by atoms with Crippen molar-refractivity contribution in [2.24, 2.45) is 0 Å². The molecular formula is C17H24O2S. The summed E-state index contributed by atoms with van der Waals surface area (Å²) in [4.78, 5) is 12.0. The van der Waals surface area contributed by atoms with Crippen LogP contribution in [0.3, 0.4) is 0 Å². The summed E-state index contributed by atoms with van der Waals surface area (Å²) in [7, 11) is 0. The Labute approximate surface area is 127 Å². The lowest BCUT2D eigenvalue weighted by atomic mass is 10.0. The smallest absolute Gasteiger partial charge is 0.163 e. The van der Waals surface area contributed by atoms with Crippen molar-refractivity contribution in [3.8, 4) is 0 Å². The van der Waals surface area contributed by atoms with Gasteiger partial charge in [0, 0.05) is 18.4 Å². The third-order valence-corrected chi connectivity index (χ3v) is 3.45. The van der Waals surface area contributed by atoms with Gasteiger partial charge in [0.2, 0.25) is 0 Å². The van der Waals surface area contributed by atoms with Crippen molar-refractivity contribution in [3.63, 3.8) is 0 Å². The fourth-order valence-corrected chi connectivity index (χ4v) is 2.09. The van der Waals surface area contributed by atoms with Crippen LogP contribution in [0.25, 0.3) is 0 Å². The highest BCUT2D eigenvalue weighted by Crippen LogP contribution is 2.10. The number of hydrogen-bond acceptors (Lipinski definition) is 3. The highest BCUT2D eigenvalue weighted by molar-refractivity contribution is 7.80. The van der Waals surface area contributed by atoms with Crippen LogP contribution in [0, 0.1) is 0 Å². The zero-order valence-corrected chi connectivity index (χ0v) is 13.3. The van der Waals surface area contributed by atoms with E-state index in [9.17, 15) is 4.79 Å². The molecule has 0 aliphatic rings. The van der Waals surface area contributed by atoms with E-state index in [1.54, 1.807) is 0 Å². The minimum Gasteiger partial charge on any atom is -0.487 e. The number of thiocarbonyl (C=S) groups is 1. The molecular weight excluding hydrogens is 268 g/mol. The third kappa shape index (κ3) is 6.29.